The number of carboxylic acid groups (broad SMARTS) is 1. The van der Waals surface area contributed by atoms with Gasteiger partial charge in [0, 0.05) is 45.9 Å². The Hall–Kier alpha value is -1.34. The molecule has 0 saturated carbocycles. The Labute approximate surface area is 126 Å². The number of carboxylic acids is 1. The van der Waals surface area contributed by atoms with Gasteiger partial charge < -0.3 is 19.6 Å². The monoisotopic (exact) mass is 301 g/mol. The van der Waals surface area contributed by atoms with Crippen molar-refractivity contribution < 1.29 is 19.4 Å². The Morgan fingerprint density at radius 1 is 1.19 bits per heavy atom. The van der Waals surface area contributed by atoms with Gasteiger partial charge in [-0.05, 0) is 20.3 Å². The SMILES string of the molecule is CCOCCN(CC)C(=O)N1CCCN(CC(=O)O)CC1. The van der Waals surface area contributed by atoms with Gasteiger partial charge in [0.05, 0.1) is 13.2 Å². The number of carbonyl (C=O) groups is 2. The van der Waals surface area contributed by atoms with Crippen molar-refractivity contribution >= 4 is 12.0 Å². The molecule has 1 rings (SSSR count). The van der Waals surface area contributed by atoms with Crippen LogP contribution in [0, 0.1) is 0 Å². The van der Waals surface area contributed by atoms with E-state index in [2.05, 4.69) is 0 Å². The molecule has 1 aliphatic heterocycles. The number of urea groups is 1. The predicted molar refractivity (Wildman–Crippen MR) is 79.4 cm³/mol. The summed E-state index contributed by atoms with van der Waals surface area (Å²) in [6, 6.07) is 0.0226. The molecular formula is C14H27N3O4. The first-order chi connectivity index (χ1) is 10.1. The van der Waals surface area contributed by atoms with Crippen molar-refractivity contribution in [1.29, 1.82) is 0 Å². The van der Waals surface area contributed by atoms with E-state index in [4.69, 9.17) is 9.84 Å². The first-order valence-electron chi connectivity index (χ1n) is 7.64. The average molecular weight is 301 g/mol. The van der Waals surface area contributed by atoms with Crippen LogP contribution in [0.1, 0.15) is 20.3 Å². The number of likely N-dealkylation sites (N-methyl/N-ethyl adjacent to an activating group) is 1. The molecule has 21 heavy (non-hydrogen) atoms. The predicted octanol–water partition coefficient (Wildman–Crippen LogP) is 0.557. The Bertz CT molecular complexity index is 338. The van der Waals surface area contributed by atoms with Gasteiger partial charge in [-0.15, -0.1) is 0 Å². The summed E-state index contributed by atoms with van der Waals surface area (Å²) in [5.41, 5.74) is 0. The summed E-state index contributed by atoms with van der Waals surface area (Å²) in [6.45, 7) is 8.99. The number of ether oxygens (including phenoxy) is 1. The third-order valence-electron chi connectivity index (χ3n) is 3.58. The highest BCUT2D eigenvalue weighted by atomic mass is 16.5. The zero-order valence-corrected chi connectivity index (χ0v) is 13.1. The number of nitrogens with zero attached hydrogens (tertiary/aromatic N) is 3. The lowest BCUT2D eigenvalue weighted by Gasteiger charge is -2.29. The molecule has 0 aromatic rings. The molecule has 7 heteroatoms. The van der Waals surface area contributed by atoms with Crippen molar-refractivity contribution in [1.82, 2.24) is 14.7 Å². The lowest BCUT2D eigenvalue weighted by Crippen LogP contribution is -2.46. The Morgan fingerprint density at radius 3 is 2.57 bits per heavy atom. The Morgan fingerprint density at radius 2 is 1.95 bits per heavy atom. The molecule has 0 atom stereocenters. The second-order valence-electron chi connectivity index (χ2n) is 5.07. The fraction of sp³-hybridized carbons (Fsp3) is 0.857. The van der Waals surface area contributed by atoms with Crippen molar-refractivity contribution in [2.24, 2.45) is 0 Å². The second kappa shape index (κ2) is 9.57. The molecule has 1 saturated heterocycles. The van der Waals surface area contributed by atoms with E-state index in [1.165, 1.54) is 0 Å². The largest absolute Gasteiger partial charge is 0.480 e. The van der Waals surface area contributed by atoms with Gasteiger partial charge in [0.2, 0.25) is 0 Å². The second-order valence-corrected chi connectivity index (χ2v) is 5.07. The van der Waals surface area contributed by atoms with Gasteiger partial charge in [0.1, 0.15) is 0 Å². The van der Waals surface area contributed by atoms with Crippen LogP contribution < -0.4 is 0 Å². The molecule has 0 aliphatic carbocycles. The molecule has 1 heterocycles. The topological polar surface area (TPSA) is 73.3 Å². The Kier molecular flexibility index (Phi) is 8.07. The van der Waals surface area contributed by atoms with E-state index in [9.17, 15) is 9.59 Å². The van der Waals surface area contributed by atoms with Gasteiger partial charge in [-0.3, -0.25) is 9.69 Å². The van der Waals surface area contributed by atoms with Gasteiger partial charge in [-0.1, -0.05) is 0 Å². The van der Waals surface area contributed by atoms with Crippen LogP contribution in [0.2, 0.25) is 0 Å². The van der Waals surface area contributed by atoms with Crippen LogP contribution >= 0.6 is 0 Å². The molecule has 1 N–H and O–H groups in total. The van der Waals surface area contributed by atoms with E-state index < -0.39 is 5.97 Å². The van der Waals surface area contributed by atoms with Gasteiger partial charge in [-0.25, -0.2) is 4.79 Å². The maximum atomic E-state index is 12.5. The lowest BCUT2D eigenvalue weighted by molar-refractivity contribution is -0.138. The zero-order valence-electron chi connectivity index (χ0n) is 13.1. The van der Waals surface area contributed by atoms with Crippen molar-refractivity contribution in [2.45, 2.75) is 20.3 Å². The summed E-state index contributed by atoms with van der Waals surface area (Å²) in [7, 11) is 0. The van der Waals surface area contributed by atoms with E-state index in [0.29, 0.717) is 45.9 Å². The molecule has 0 bridgehead atoms. The highest BCUT2D eigenvalue weighted by Gasteiger charge is 2.23. The summed E-state index contributed by atoms with van der Waals surface area (Å²) >= 11 is 0. The van der Waals surface area contributed by atoms with Gasteiger partial charge >= 0.3 is 12.0 Å². The average Bonchev–Trinajstić information content (AvgIpc) is 2.68. The van der Waals surface area contributed by atoms with E-state index in [0.717, 1.165) is 13.0 Å². The van der Waals surface area contributed by atoms with E-state index >= 15 is 0 Å². The smallest absolute Gasteiger partial charge is 0.320 e. The number of hydrogen-bond acceptors (Lipinski definition) is 4. The molecule has 7 nitrogen and oxygen atoms in total. The summed E-state index contributed by atoms with van der Waals surface area (Å²) in [5.74, 6) is -0.818. The third-order valence-corrected chi connectivity index (χ3v) is 3.58. The first-order valence-corrected chi connectivity index (χ1v) is 7.64. The standard InChI is InChI=1S/C14H27N3O4/c1-3-16(10-11-21-4-2)14(20)17-7-5-6-15(8-9-17)12-13(18)19/h3-12H2,1-2H3,(H,18,19). The van der Waals surface area contributed by atoms with Crippen LogP contribution in [0.25, 0.3) is 0 Å². The maximum absolute atomic E-state index is 12.5. The van der Waals surface area contributed by atoms with Crippen molar-refractivity contribution in [3.05, 3.63) is 0 Å². The summed E-state index contributed by atoms with van der Waals surface area (Å²) in [5, 5.41) is 8.84. The minimum absolute atomic E-state index is 0.0226. The fourth-order valence-corrected chi connectivity index (χ4v) is 2.42. The molecule has 0 spiro atoms. The fourth-order valence-electron chi connectivity index (χ4n) is 2.42. The van der Waals surface area contributed by atoms with Crippen LogP contribution in [0.3, 0.4) is 0 Å². The summed E-state index contributed by atoms with van der Waals surface area (Å²) in [6.07, 6.45) is 0.808. The molecular weight excluding hydrogens is 274 g/mol. The number of amides is 2. The minimum Gasteiger partial charge on any atom is -0.480 e. The molecule has 2 amide bonds. The number of rotatable bonds is 7. The van der Waals surface area contributed by atoms with Crippen LogP contribution in [-0.2, 0) is 9.53 Å². The molecule has 0 radical (unpaired) electrons. The van der Waals surface area contributed by atoms with Crippen LogP contribution in [0.5, 0.6) is 0 Å². The molecule has 0 aromatic heterocycles. The van der Waals surface area contributed by atoms with Crippen molar-refractivity contribution in [2.75, 3.05) is 59.0 Å². The molecule has 1 fully saturated rings. The molecule has 122 valence electrons. The summed E-state index contributed by atoms with van der Waals surface area (Å²) in [4.78, 5) is 28.7. The Balaban J connectivity index is 2.47. The van der Waals surface area contributed by atoms with Gasteiger partial charge in [0.15, 0.2) is 0 Å². The molecule has 0 unspecified atom stereocenters. The minimum atomic E-state index is -0.818. The highest BCUT2D eigenvalue weighted by molar-refractivity contribution is 5.74. The number of aliphatic carboxylic acids is 1. The van der Waals surface area contributed by atoms with Crippen LogP contribution in [0.15, 0.2) is 0 Å². The van der Waals surface area contributed by atoms with E-state index in [1.807, 2.05) is 23.6 Å². The summed E-state index contributed by atoms with van der Waals surface area (Å²) < 4.78 is 5.30. The van der Waals surface area contributed by atoms with E-state index in [1.54, 1.807) is 4.90 Å². The quantitative estimate of drug-likeness (QED) is 0.696. The molecule has 1 aliphatic rings. The van der Waals surface area contributed by atoms with Crippen molar-refractivity contribution in [3.63, 3.8) is 0 Å². The number of carbonyl (C=O) groups excluding carboxylic acids is 1. The van der Waals surface area contributed by atoms with Gasteiger partial charge in [0.25, 0.3) is 0 Å². The lowest BCUT2D eigenvalue weighted by atomic mass is 10.4. The maximum Gasteiger partial charge on any atom is 0.320 e. The van der Waals surface area contributed by atoms with E-state index in [-0.39, 0.29) is 12.6 Å². The normalized spacial score (nSPS) is 16.6. The highest BCUT2D eigenvalue weighted by Crippen LogP contribution is 2.07. The van der Waals surface area contributed by atoms with Crippen molar-refractivity contribution in [3.8, 4) is 0 Å². The van der Waals surface area contributed by atoms with Crippen LogP contribution in [-0.4, -0.2) is 90.8 Å². The zero-order chi connectivity index (χ0) is 15.7. The first kappa shape index (κ1) is 17.7. The van der Waals surface area contributed by atoms with Gasteiger partial charge in [-0.2, -0.15) is 0 Å². The third kappa shape index (κ3) is 6.31. The van der Waals surface area contributed by atoms with Crippen LogP contribution in [0.4, 0.5) is 4.79 Å². The molecule has 0 aromatic carbocycles. The number of hydrogen-bond donors (Lipinski definition) is 1.